The third-order valence-electron chi connectivity index (χ3n) is 1.26. The van der Waals surface area contributed by atoms with E-state index in [-0.39, 0.29) is 10.6 Å². The molecule has 0 aliphatic carbocycles. The summed E-state index contributed by atoms with van der Waals surface area (Å²) in [5, 5.41) is 7.29. The van der Waals surface area contributed by atoms with Gasteiger partial charge in [0, 0.05) is 11.8 Å². The van der Waals surface area contributed by atoms with Crippen molar-refractivity contribution in [1.29, 1.82) is 5.26 Å². The van der Waals surface area contributed by atoms with Crippen molar-refractivity contribution in [2.75, 3.05) is 0 Å². The number of nitrogens with zero attached hydrogens (tertiary/aromatic N) is 2. The molecule has 1 heterocycles. The van der Waals surface area contributed by atoms with Crippen molar-refractivity contribution in [3.63, 3.8) is 0 Å². The smallest absolute Gasteiger partial charge is 0.227 e. The predicted molar refractivity (Wildman–Crippen MR) is 43.4 cm³/mol. The van der Waals surface area contributed by atoms with Gasteiger partial charge in [-0.05, 0) is 6.07 Å². The van der Waals surface area contributed by atoms with Crippen LogP contribution in [0, 0.1) is 17.3 Å². The van der Waals surface area contributed by atoms with Crippen LogP contribution in [0.2, 0.25) is 5.02 Å². The number of rotatable bonds is 1. The monoisotopic (exact) mass is 204 g/mol. The van der Waals surface area contributed by atoms with Crippen molar-refractivity contribution in [1.82, 2.24) is 4.98 Å². The van der Waals surface area contributed by atoms with Crippen LogP contribution in [0.5, 0.6) is 0 Å². The lowest BCUT2D eigenvalue weighted by atomic mass is 10.2. The molecule has 0 aliphatic heterocycles. The molecule has 0 saturated heterocycles. The molecule has 0 N–H and O–H groups in total. The summed E-state index contributed by atoms with van der Waals surface area (Å²) in [7, 11) is 0. The van der Waals surface area contributed by atoms with Gasteiger partial charge in [0.25, 0.3) is 0 Å². The third kappa shape index (κ3) is 1.66. The van der Waals surface area contributed by atoms with E-state index in [0.29, 0.717) is 0 Å². The Bertz CT molecular complexity index is 335. The Balaban J connectivity index is 3.18. The zero-order valence-electron chi connectivity index (χ0n) is 5.76. The molecule has 1 aromatic heterocycles. The fourth-order valence-corrected chi connectivity index (χ4v) is 1.16. The summed E-state index contributed by atoms with van der Waals surface area (Å²) in [6.45, 7) is 0. The molecular formula is C7H3Cl2FN2. The van der Waals surface area contributed by atoms with E-state index in [1.54, 1.807) is 6.07 Å². The highest BCUT2D eigenvalue weighted by molar-refractivity contribution is 6.33. The van der Waals surface area contributed by atoms with Gasteiger partial charge in [-0.3, -0.25) is 0 Å². The van der Waals surface area contributed by atoms with Crippen LogP contribution in [-0.2, 0) is 0 Å². The van der Waals surface area contributed by atoms with Crippen molar-refractivity contribution in [2.24, 2.45) is 0 Å². The van der Waals surface area contributed by atoms with Crippen molar-refractivity contribution in [3.05, 3.63) is 28.8 Å². The predicted octanol–water partition coefficient (Wildman–Crippen LogP) is 2.68. The van der Waals surface area contributed by atoms with Gasteiger partial charge in [-0.15, -0.1) is 11.6 Å². The number of hydrogen-bond acceptors (Lipinski definition) is 2. The number of nitriles is 1. The fourth-order valence-electron chi connectivity index (χ4n) is 0.697. The van der Waals surface area contributed by atoms with Crippen molar-refractivity contribution in [2.45, 2.75) is 5.38 Å². The standard InChI is InChI=1S/C7H3Cl2FN2/c8-5(3-11)4-1-2-12-7(10)6(4)9/h1-2,5H. The molecule has 1 aromatic rings. The molecule has 0 spiro atoms. The zero-order chi connectivity index (χ0) is 9.14. The van der Waals surface area contributed by atoms with Crippen LogP contribution in [0.3, 0.4) is 0 Å². The molecule has 1 rings (SSSR count). The Morgan fingerprint density at radius 1 is 1.67 bits per heavy atom. The topological polar surface area (TPSA) is 36.7 Å². The van der Waals surface area contributed by atoms with Crippen LogP contribution in [0.1, 0.15) is 10.9 Å². The second kappa shape index (κ2) is 3.70. The molecule has 2 nitrogen and oxygen atoms in total. The maximum atomic E-state index is 12.7. The first-order valence-corrected chi connectivity index (χ1v) is 3.82. The maximum absolute atomic E-state index is 12.7. The summed E-state index contributed by atoms with van der Waals surface area (Å²) in [6, 6.07) is 3.14. The highest BCUT2D eigenvalue weighted by atomic mass is 35.5. The van der Waals surface area contributed by atoms with Crippen LogP contribution in [0.4, 0.5) is 4.39 Å². The highest BCUT2D eigenvalue weighted by Crippen LogP contribution is 2.27. The van der Waals surface area contributed by atoms with E-state index in [2.05, 4.69) is 4.98 Å². The Morgan fingerprint density at radius 2 is 2.33 bits per heavy atom. The van der Waals surface area contributed by atoms with Crippen LogP contribution in [-0.4, -0.2) is 4.98 Å². The number of hydrogen-bond donors (Lipinski definition) is 0. The normalized spacial score (nSPS) is 12.2. The minimum absolute atomic E-state index is 0.195. The van der Waals surface area contributed by atoms with E-state index >= 15 is 0 Å². The van der Waals surface area contributed by atoms with Gasteiger partial charge in [0.05, 0.1) is 6.07 Å². The summed E-state index contributed by atoms with van der Waals surface area (Å²) in [5.41, 5.74) is 0.244. The van der Waals surface area contributed by atoms with Gasteiger partial charge in [0.15, 0.2) is 0 Å². The second-order valence-electron chi connectivity index (χ2n) is 2.00. The molecule has 5 heteroatoms. The van der Waals surface area contributed by atoms with Crippen molar-refractivity contribution < 1.29 is 4.39 Å². The number of alkyl halides is 1. The Kier molecular flexibility index (Phi) is 2.85. The van der Waals surface area contributed by atoms with Crippen molar-refractivity contribution in [3.8, 4) is 6.07 Å². The molecule has 62 valence electrons. The minimum atomic E-state index is -0.935. The number of halogens is 3. The lowest BCUT2D eigenvalue weighted by molar-refractivity contribution is 0.582. The molecule has 12 heavy (non-hydrogen) atoms. The zero-order valence-corrected chi connectivity index (χ0v) is 7.27. The van der Waals surface area contributed by atoms with E-state index in [9.17, 15) is 4.39 Å². The van der Waals surface area contributed by atoms with Gasteiger partial charge in [-0.1, -0.05) is 11.6 Å². The van der Waals surface area contributed by atoms with Gasteiger partial charge in [0.1, 0.15) is 10.4 Å². The lowest BCUT2D eigenvalue weighted by Gasteiger charge is -2.02. The first-order chi connectivity index (χ1) is 5.66. The number of pyridine rings is 1. The molecule has 0 fully saturated rings. The first kappa shape index (κ1) is 9.24. The molecule has 0 bridgehead atoms. The first-order valence-electron chi connectivity index (χ1n) is 3.00. The average Bonchev–Trinajstić information content (AvgIpc) is 2.08. The molecular weight excluding hydrogens is 202 g/mol. The van der Waals surface area contributed by atoms with Gasteiger partial charge in [-0.25, -0.2) is 4.98 Å². The van der Waals surface area contributed by atoms with Crippen LogP contribution in [0.15, 0.2) is 12.3 Å². The largest absolute Gasteiger partial charge is 0.231 e. The van der Waals surface area contributed by atoms with Crippen LogP contribution in [0.25, 0.3) is 0 Å². The summed E-state index contributed by atoms with van der Waals surface area (Å²) >= 11 is 11.0. The van der Waals surface area contributed by atoms with Crippen LogP contribution < -0.4 is 0 Å². The SMILES string of the molecule is N#CC(Cl)c1ccnc(F)c1Cl. The van der Waals surface area contributed by atoms with E-state index in [0.717, 1.165) is 0 Å². The maximum Gasteiger partial charge on any atom is 0.231 e. The van der Waals surface area contributed by atoms with Gasteiger partial charge >= 0.3 is 0 Å². The van der Waals surface area contributed by atoms with Gasteiger partial charge < -0.3 is 0 Å². The summed E-state index contributed by atoms with van der Waals surface area (Å²) in [6.07, 6.45) is 1.21. The van der Waals surface area contributed by atoms with Gasteiger partial charge in [0.2, 0.25) is 5.95 Å². The van der Waals surface area contributed by atoms with E-state index in [4.69, 9.17) is 28.5 Å². The van der Waals surface area contributed by atoms with E-state index < -0.39 is 11.3 Å². The molecule has 1 atom stereocenters. The Morgan fingerprint density at radius 3 is 2.92 bits per heavy atom. The van der Waals surface area contributed by atoms with Crippen LogP contribution >= 0.6 is 23.2 Å². The lowest BCUT2D eigenvalue weighted by Crippen LogP contribution is -1.93. The summed E-state index contributed by atoms with van der Waals surface area (Å²) < 4.78 is 12.7. The van der Waals surface area contributed by atoms with E-state index in [1.165, 1.54) is 12.3 Å². The van der Waals surface area contributed by atoms with Gasteiger partial charge in [-0.2, -0.15) is 9.65 Å². The molecule has 1 unspecified atom stereocenters. The fraction of sp³-hybridized carbons (Fsp3) is 0.143. The Hall–Kier alpha value is -0.850. The molecule has 0 radical (unpaired) electrons. The molecule has 0 saturated carbocycles. The second-order valence-corrected chi connectivity index (χ2v) is 2.81. The quantitative estimate of drug-likeness (QED) is 0.521. The number of aromatic nitrogens is 1. The molecule has 0 aliphatic rings. The summed E-state index contributed by atoms with van der Waals surface area (Å²) in [4.78, 5) is 3.29. The Labute approximate surface area is 78.5 Å². The molecule has 0 amide bonds. The minimum Gasteiger partial charge on any atom is -0.227 e. The molecule has 0 aromatic carbocycles. The summed E-state index contributed by atoms with van der Waals surface area (Å²) in [5.74, 6) is -0.810. The average molecular weight is 205 g/mol. The van der Waals surface area contributed by atoms with E-state index in [1.807, 2.05) is 0 Å². The third-order valence-corrected chi connectivity index (χ3v) is 1.97. The highest BCUT2D eigenvalue weighted by Gasteiger charge is 2.13. The van der Waals surface area contributed by atoms with Crippen molar-refractivity contribution >= 4 is 23.2 Å².